The van der Waals surface area contributed by atoms with Crippen molar-refractivity contribution in [2.45, 2.75) is 27.4 Å². The van der Waals surface area contributed by atoms with Gasteiger partial charge in [0.2, 0.25) is 0 Å². The zero-order chi connectivity index (χ0) is 18.5. The molecule has 0 atom stereocenters. The quantitative estimate of drug-likeness (QED) is 0.529. The van der Waals surface area contributed by atoms with Crippen LogP contribution in [0.5, 0.6) is 6.01 Å². The minimum absolute atomic E-state index is 0.0659. The molecule has 0 amide bonds. The van der Waals surface area contributed by atoms with Crippen LogP contribution in [0.4, 0.5) is 10.2 Å². The normalized spacial score (nSPS) is 11.5. The van der Waals surface area contributed by atoms with Crippen LogP contribution in [-0.4, -0.2) is 15.7 Å². The third kappa shape index (κ3) is 4.44. The second-order valence-electron chi connectivity index (χ2n) is 5.84. The van der Waals surface area contributed by atoms with Crippen molar-refractivity contribution in [1.29, 1.82) is 0 Å². The van der Waals surface area contributed by atoms with Crippen LogP contribution in [0.1, 0.15) is 29.6 Å². The number of hydrogen-bond donors (Lipinski definition) is 1. The Morgan fingerprint density at radius 2 is 1.96 bits per heavy atom. The second kappa shape index (κ2) is 7.77. The molecule has 3 aromatic rings. The number of hydrazone groups is 1. The van der Waals surface area contributed by atoms with E-state index in [4.69, 9.17) is 9.15 Å². The Morgan fingerprint density at radius 3 is 2.65 bits per heavy atom. The van der Waals surface area contributed by atoms with E-state index in [0.717, 1.165) is 17.5 Å². The molecule has 0 saturated carbocycles. The number of nitrogens with one attached hydrogen (secondary N) is 1. The van der Waals surface area contributed by atoms with Crippen molar-refractivity contribution in [1.82, 2.24) is 9.97 Å². The summed E-state index contributed by atoms with van der Waals surface area (Å²) in [4.78, 5) is 7.86. The van der Waals surface area contributed by atoms with Gasteiger partial charge in [-0.3, -0.25) is 5.43 Å². The Kier molecular flexibility index (Phi) is 5.26. The summed E-state index contributed by atoms with van der Waals surface area (Å²) in [5, 5.41) is 4.09. The maximum Gasteiger partial charge on any atom is 0.318 e. The topological polar surface area (TPSA) is 72.5 Å². The zero-order valence-electron chi connectivity index (χ0n) is 14.8. The number of hydrogen-bond acceptors (Lipinski definition) is 6. The third-order valence-corrected chi connectivity index (χ3v) is 3.64. The zero-order valence-corrected chi connectivity index (χ0v) is 14.8. The fourth-order valence-corrected chi connectivity index (χ4v) is 2.15. The van der Waals surface area contributed by atoms with Crippen LogP contribution >= 0.6 is 0 Å². The van der Waals surface area contributed by atoms with E-state index in [1.807, 2.05) is 44.2 Å². The smallest absolute Gasteiger partial charge is 0.318 e. The number of anilines is 1. The van der Waals surface area contributed by atoms with E-state index >= 15 is 0 Å². The van der Waals surface area contributed by atoms with Crippen LogP contribution in [0.2, 0.25) is 0 Å². The van der Waals surface area contributed by atoms with Gasteiger partial charge in [0.25, 0.3) is 0 Å². The number of ether oxygens (including phenoxy) is 1. The molecule has 0 unspecified atom stereocenters. The number of aryl methyl sites for hydroxylation is 2. The molecule has 1 aromatic carbocycles. The summed E-state index contributed by atoms with van der Waals surface area (Å²) >= 11 is 0. The monoisotopic (exact) mass is 354 g/mol. The lowest BCUT2D eigenvalue weighted by molar-refractivity contribution is 0.280. The highest BCUT2D eigenvalue weighted by Crippen LogP contribution is 2.15. The van der Waals surface area contributed by atoms with E-state index in [0.29, 0.717) is 18.1 Å². The molecule has 0 saturated heterocycles. The lowest BCUT2D eigenvalue weighted by Crippen LogP contribution is -2.05. The van der Waals surface area contributed by atoms with Crippen LogP contribution < -0.4 is 10.2 Å². The molecular weight excluding hydrogens is 335 g/mol. The Balaban J connectivity index is 1.68. The third-order valence-electron chi connectivity index (χ3n) is 3.64. The van der Waals surface area contributed by atoms with Gasteiger partial charge in [0, 0.05) is 0 Å². The minimum atomic E-state index is -0.625. The van der Waals surface area contributed by atoms with Crippen LogP contribution in [0, 0.1) is 19.7 Å². The van der Waals surface area contributed by atoms with E-state index in [-0.39, 0.29) is 11.8 Å². The maximum atomic E-state index is 13.9. The van der Waals surface area contributed by atoms with Crippen LogP contribution in [0.15, 0.2) is 52.1 Å². The predicted molar refractivity (Wildman–Crippen MR) is 96.8 cm³/mol. The van der Waals surface area contributed by atoms with Crippen molar-refractivity contribution in [2.75, 3.05) is 5.43 Å². The molecule has 0 aliphatic carbocycles. The van der Waals surface area contributed by atoms with Gasteiger partial charge in [-0.25, -0.2) is 9.37 Å². The van der Waals surface area contributed by atoms with Crippen molar-refractivity contribution >= 4 is 11.5 Å². The van der Waals surface area contributed by atoms with Gasteiger partial charge in [0.1, 0.15) is 23.8 Å². The van der Waals surface area contributed by atoms with Crippen molar-refractivity contribution in [3.8, 4) is 6.01 Å². The van der Waals surface area contributed by atoms with Crippen molar-refractivity contribution in [2.24, 2.45) is 5.10 Å². The predicted octanol–water partition coefficient (Wildman–Crippen LogP) is 4.24. The van der Waals surface area contributed by atoms with Gasteiger partial charge in [-0.15, -0.1) is 0 Å². The number of furan rings is 1. The molecule has 0 bridgehead atoms. The Morgan fingerprint density at radius 1 is 1.19 bits per heavy atom. The van der Waals surface area contributed by atoms with Gasteiger partial charge in [0.05, 0.1) is 6.20 Å². The first-order valence-electron chi connectivity index (χ1n) is 8.09. The lowest BCUT2D eigenvalue weighted by atomic mass is 10.2. The second-order valence-corrected chi connectivity index (χ2v) is 5.84. The lowest BCUT2D eigenvalue weighted by Gasteiger charge is -2.07. The Labute approximate surface area is 150 Å². The SMILES string of the molecule is C/C(=N\Nc1nc(OCc2ccc(C)cc2)ncc1F)c1ccc(C)o1. The summed E-state index contributed by atoms with van der Waals surface area (Å²) < 4.78 is 24.9. The van der Waals surface area contributed by atoms with Crippen molar-refractivity contribution < 1.29 is 13.5 Å². The molecule has 0 fully saturated rings. The van der Waals surface area contributed by atoms with Crippen molar-refractivity contribution in [3.63, 3.8) is 0 Å². The summed E-state index contributed by atoms with van der Waals surface area (Å²) in [5.74, 6) is 0.677. The van der Waals surface area contributed by atoms with Gasteiger partial charge in [-0.1, -0.05) is 29.8 Å². The molecule has 0 radical (unpaired) electrons. The van der Waals surface area contributed by atoms with Gasteiger partial charge in [0.15, 0.2) is 11.6 Å². The van der Waals surface area contributed by atoms with Gasteiger partial charge in [-0.05, 0) is 38.5 Å². The molecule has 2 aromatic heterocycles. The van der Waals surface area contributed by atoms with Crippen LogP contribution in [-0.2, 0) is 6.61 Å². The minimum Gasteiger partial charge on any atom is -0.460 e. The molecule has 6 nitrogen and oxygen atoms in total. The molecule has 0 aliphatic rings. The molecule has 134 valence electrons. The van der Waals surface area contributed by atoms with Crippen LogP contribution in [0.25, 0.3) is 0 Å². The van der Waals surface area contributed by atoms with E-state index in [9.17, 15) is 4.39 Å². The number of halogens is 1. The first-order chi connectivity index (χ1) is 12.5. The standard InChI is InChI=1S/C19H19FN4O2/c1-12-4-7-15(8-5-12)11-25-19-21-10-16(20)18(22-19)24-23-14(3)17-9-6-13(2)26-17/h4-10H,11H2,1-3H3,(H,21,22,24)/b23-14+. The van der Waals surface area contributed by atoms with E-state index in [2.05, 4.69) is 20.5 Å². The summed E-state index contributed by atoms with van der Waals surface area (Å²) in [6, 6.07) is 11.6. The van der Waals surface area contributed by atoms with Crippen molar-refractivity contribution in [3.05, 3.63) is 71.1 Å². The molecule has 0 aliphatic heterocycles. The number of rotatable bonds is 6. The average Bonchev–Trinajstić information content (AvgIpc) is 3.07. The number of benzene rings is 1. The highest BCUT2D eigenvalue weighted by Gasteiger charge is 2.09. The summed E-state index contributed by atoms with van der Waals surface area (Å²) in [6.07, 6.45) is 1.04. The fraction of sp³-hybridized carbons (Fsp3) is 0.211. The molecular formula is C19H19FN4O2. The molecule has 7 heteroatoms. The van der Waals surface area contributed by atoms with Gasteiger partial charge >= 0.3 is 6.01 Å². The summed E-state index contributed by atoms with van der Waals surface area (Å²) in [6.45, 7) is 5.89. The van der Waals surface area contributed by atoms with E-state index in [1.54, 1.807) is 13.0 Å². The highest BCUT2D eigenvalue weighted by molar-refractivity contribution is 5.96. The Bertz CT molecular complexity index is 920. The van der Waals surface area contributed by atoms with E-state index < -0.39 is 5.82 Å². The summed E-state index contributed by atoms with van der Waals surface area (Å²) in [5.41, 5.74) is 5.29. The molecule has 1 N–H and O–H groups in total. The molecule has 26 heavy (non-hydrogen) atoms. The molecule has 0 spiro atoms. The fourth-order valence-electron chi connectivity index (χ4n) is 2.15. The maximum absolute atomic E-state index is 13.9. The highest BCUT2D eigenvalue weighted by atomic mass is 19.1. The summed E-state index contributed by atoms with van der Waals surface area (Å²) in [7, 11) is 0. The van der Waals surface area contributed by atoms with Crippen LogP contribution in [0.3, 0.4) is 0 Å². The average molecular weight is 354 g/mol. The van der Waals surface area contributed by atoms with Gasteiger partial charge < -0.3 is 9.15 Å². The van der Waals surface area contributed by atoms with E-state index in [1.165, 1.54) is 5.56 Å². The molecule has 2 heterocycles. The van der Waals surface area contributed by atoms with Gasteiger partial charge in [-0.2, -0.15) is 10.1 Å². The number of nitrogens with zero attached hydrogens (tertiary/aromatic N) is 3. The Hall–Kier alpha value is -3.22. The first-order valence-corrected chi connectivity index (χ1v) is 8.09. The molecule has 3 rings (SSSR count). The largest absolute Gasteiger partial charge is 0.460 e. The first kappa shape index (κ1) is 17.6. The number of aromatic nitrogens is 2.